The number of thioether (sulfide) groups is 1. The standard InChI is InChI=1S/C20H18ClN5OS/c1-10-6-11(2)17(24-8-10)12-7-15(23-9-13(12)21)18-16-14(4-5-22-19(16)27)25-20(26-18)28-3/h6-9H,4-5H2,1-3H3,(H,22,27). The van der Waals surface area contributed by atoms with Gasteiger partial charge in [-0.15, -0.1) is 0 Å². The summed E-state index contributed by atoms with van der Waals surface area (Å²) < 4.78 is 0. The minimum Gasteiger partial charge on any atom is -0.352 e. The van der Waals surface area contributed by atoms with Gasteiger partial charge in [0.1, 0.15) is 5.69 Å². The quantitative estimate of drug-likeness (QED) is 0.520. The van der Waals surface area contributed by atoms with Crippen LogP contribution in [0.5, 0.6) is 0 Å². The van der Waals surface area contributed by atoms with Gasteiger partial charge in [-0.3, -0.25) is 14.8 Å². The highest BCUT2D eigenvalue weighted by Gasteiger charge is 2.26. The Labute approximate surface area is 172 Å². The van der Waals surface area contributed by atoms with E-state index in [9.17, 15) is 4.79 Å². The molecule has 3 aromatic rings. The topological polar surface area (TPSA) is 80.7 Å². The lowest BCUT2D eigenvalue weighted by atomic mass is 10.0. The summed E-state index contributed by atoms with van der Waals surface area (Å²) >= 11 is 7.88. The van der Waals surface area contributed by atoms with Crippen molar-refractivity contribution in [2.45, 2.75) is 25.4 Å². The van der Waals surface area contributed by atoms with Crippen molar-refractivity contribution in [1.29, 1.82) is 0 Å². The Hall–Kier alpha value is -2.51. The molecule has 4 heterocycles. The van der Waals surface area contributed by atoms with Crippen molar-refractivity contribution in [3.63, 3.8) is 0 Å². The molecule has 4 rings (SSSR count). The molecule has 0 fully saturated rings. The normalized spacial score (nSPS) is 13.2. The Morgan fingerprint density at radius 1 is 1.11 bits per heavy atom. The zero-order valence-corrected chi connectivity index (χ0v) is 17.3. The van der Waals surface area contributed by atoms with E-state index in [-0.39, 0.29) is 5.91 Å². The van der Waals surface area contributed by atoms with Gasteiger partial charge in [0.15, 0.2) is 5.16 Å². The van der Waals surface area contributed by atoms with Gasteiger partial charge in [-0.05, 0) is 37.3 Å². The van der Waals surface area contributed by atoms with E-state index in [1.807, 2.05) is 32.4 Å². The molecular formula is C20H18ClN5OS. The molecule has 1 aliphatic rings. The van der Waals surface area contributed by atoms with Crippen LogP contribution in [0.1, 0.15) is 27.2 Å². The molecule has 0 bridgehead atoms. The molecule has 0 aromatic carbocycles. The van der Waals surface area contributed by atoms with Crippen LogP contribution in [0.25, 0.3) is 22.6 Å². The van der Waals surface area contributed by atoms with Crippen LogP contribution in [0.2, 0.25) is 5.02 Å². The first kappa shape index (κ1) is 18.8. The predicted molar refractivity (Wildman–Crippen MR) is 111 cm³/mol. The molecule has 3 aromatic heterocycles. The van der Waals surface area contributed by atoms with Gasteiger partial charge in [-0.1, -0.05) is 29.4 Å². The van der Waals surface area contributed by atoms with Crippen LogP contribution < -0.4 is 5.32 Å². The monoisotopic (exact) mass is 411 g/mol. The Bertz CT molecular complexity index is 1100. The SMILES string of the molecule is CSc1nc2c(c(-c3cc(-c4ncc(C)cc4C)c(Cl)cn3)n1)C(=O)NCC2. The summed E-state index contributed by atoms with van der Waals surface area (Å²) in [7, 11) is 0. The van der Waals surface area contributed by atoms with Crippen molar-refractivity contribution in [3.05, 3.63) is 51.9 Å². The molecule has 0 atom stereocenters. The Kier molecular flexibility index (Phi) is 5.03. The van der Waals surface area contributed by atoms with E-state index in [1.165, 1.54) is 11.8 Å². The first-order valence-electron chi connectivity index (χ1n) is 8.80. The van der Waals surface area contributed by atoms with Crippen molar-refractivity contribution >= 4 is 29.3 Å². The number of amides is 1. The molecular weight excluding hydrogens is 394 g/mol. The number of hydrogen-bond donors (Lipinski definition) is 1. The number of fused-ring (bicyclic) bond motifs is 1. The first-order valence-corrected chi connectivity index (χ1v) is 10.4. The fourth-order valence-corrected chi connectivity index (χ4v) is 3.89. The summed E-state index contributed by atoms with van der Waals surface area (Å²) in [6.07, 6.45) is 5.98. The molecule has 1 amide bonds. The second-order valence-electron chi connectivity index (χ2n) is 6.61. The summed E-state index contributed by atoms with van der Waals surface area (Å²) in [5.41, 5.74) is 5.99. The Morgan fingerprint density at radius 2 is 1.93 bits per heavy atom. The highest BCUT2D eigenvalue weighted by atomic mass is 35.5. The second-order valence-corrected chi connectivity index (χ2v) is 7.79. The smallest absolute Gasteiger partial charge is 0.255 e. The molecule has 0 saturated carbocycles. The van der Waals surface area contributed by atoms with E-state index in [1.54, 1.807) is 6.20 Å². The van der Waals surface area contributed by atoms with Gasteiger partial charge in [0.05, 0.1) is 27.7 Å². The number of carbonyl (C=O) groups excluding carboxylic acids is 1. The van der Waals surface area contributed by atoms with E-state index in [0.29, 0.717) is 40.1 Å². The third-order valence-electron chi connectivity index (χ3n) is 4.59. The predicted octanol–water partition coefficient (Wildman–Crippen LogP) is 3.88. The fraction of sp³-hybridized carbons (Fsp3) is 0.250. The van der Waals surface area contributed by atoms with E-state index in [4.69, 9.17) is 11.6 Å². The van der Waals surface area contributed by atoms with Gasteiger partial charge in [0.25, 0.3) is 5.91 Å². The molecule has 28 heavy (non-hydrogen) atoms. The van der Waals surface area contributed by atoms with Gasteiger partial charge in [-0.25, -0.2) is 9.97 Å². The minimum absolute atomic E-state index is 0.174. The maximum Gasteiger partial charge on any atom is 0.255 e. The lowest BCUT2D eigenvalue weighted by Crippen LogP contribution is -2.33. The van der Waals surface area contributed by atoms with Gasteiger partial charge in [-0.2, -0.15) is 0 Å². The highest BCUT2D eigenvalue weighted by molar-refractivity contribution is 7.98. The summed E-state index contributed by atoms with van der Waals surface area (Å²) in [6.45, 7) is 4.57. The Balaban J connectivity index is 1.93. The molecule has 0 aliphatic carbocycles. The zero-order chi connectivity index (χ0) is 19.8. The molecule has 0 spiro atoms. The molecule has 0 saturated heterocycles. The maximum atomic E-state index is 12.5. The number of hydrogen-bond acceptors (Lipinski definition) is 6. The van der Waals surface area contributed by atoms with Crippen molar-refractivity contribution in [2.75, 3.05) is 12.8 Å². The van der Waals surface area contributed by atoms with Crippen LogP contribution in [0, 0.1) is 13.8 Å². The number of nitrogens with one attached hydrogen (secondary N) is 1. The average Bonchev–Trinajstić information content (AvgIpc) is 2.68. The van der Waals surface area contributed by atoms with Crippen LogP contribution >= 0.6 is 23.4 Å². The lowest BCUT2D eigenvalue weighted by Gasteiger charge is -2.19. The number of carbonyl (C=O) groups is 1. The third kappa shape index (κ3) is 3.36. The zero-order valence-electron chi connectivity index (χ0n) is 15.7. The van der Waals surface area contributed by atoms with Crippen molar-refractivity contribution in [1.82, 2.24) is 25.3 Å². The van der Waals surface area contributed by atoms with Gasteiger partial charge >= 0.3 is 0 Å². The molecule has 6 nitrogen and oxygen atoms in total. The summed E-state index contributed by atoms with van der Waals surface area (Å²) in [5, 5.41) is 3.98. The van der Waals surface area contributed by atoms with Crippen molar-refractivity contribution in [3.8, 4) is 22.6 Å². The van der Waals surface area contributed by atoms with Crippen molar-refractivity contribution in [2.24, 2.45) is 0 Å². The van der Waals surface area contributed by atoms with Crippen LogP contribution in [0.3, 0.4) is 0 Å². The molecule has 8 heteroatoms. The number of nitrogens with zero attached hydrogens (tertiary/aromatic N) is 4. The van der Waals surface area contributed by atoms with Gasteiger partial charge in [0.2, 0.25) is 0 Å². The van der Waals surface area contributed by atoms with E-state index >= 15 is 0 Å². The van der Waals surface area contributed by atoms with Crippen LogP contribution in [0.4, 0.5) is 0 Å². The molecule has 1 aliphatic heterocycles. The van der Waals surface area contributed by atoms with Crippen LogP contribution in [-0.4, -0.2) is 38.6 Å². The largest absolute Gasteiger partial charge is 0.352 e. The van der Waals surface area contributed by atoms with Crippen LogP contribution in [0.15, 0.2) is 29.7 Å². The summed E-state index contributed by atoms with van der Waals surface area (Å²) in [6, 6.07) is 3.91. The lowest BCUT2D eigenvalue weighted by molar-refractivity contribution is 0.0945. The Morgan fingerprint density at radius 3 is 2.68 bits per heavy atom. The number of pyridine rings is 2. The molecule has 0 unspecified atom stereocenters. The second kappa shape index (κ2) is 7.48. The summed E-state index contributed by atoms with van der Waals surface area (Å²) in [5.74, 6) is -0.174. The average molecular weight is 412 g/mol. The van der Waals surface area contributed by atoms with E-state index < -0.39 is 0 Å². The van der Waals surface area contributed by atoms with Gasteiger partial charge in [0, 0.05) is 30.9 Å². The van der Waals surface area contributed by atoms with E-state index in [2.05, 4.69) is 31.3 Å². The number of aromatic nitrogens is 4. The van der Waals surface area contributed by atoms with Crippen molar-refractivity contribution < 1.29 is 4.79 Å². The van der Waals surface area contributed by atoms with Gasteiger partial charge < -0.3 is 5.32 Å². The third-order valence-corrected chi connectivity index (χ3v) is 5.44. The summed E-state index contributed by atoms with van der Waals surface area (Å²) in [4.78, 5) is 30.6. The fourth-order valence-electron chi connectivity index (χ4n) is 3.31. The number of rotatable bonds is 3. The maximum absolute atomic E-state index is 12.5. The molecule has 0 radical (unpaired) electrons. The van der Waals surface area contributed by atoms with Crippen LogP contribution in [-0.2, 0) is 6.42 Å². The molecule has 1 N–H and O–H groups in total. The van der Waals surface area contributed by atoms with E-state index in [0.717, 1.165) is 28.1 Å². The number of aryl methyl sites for hydroxylation is 2. The molecule has 142 valence electrons. The first-order chi connectivity index (χ1) is 13.5. The minimum atomic E-state index is -0.174. The number of halogens is 1. The highest BCUT2D eigenvalue weighted by Crippen LogP contribution is 2.33.